The molecule has 1 aromatic carbocycles. The van der Waals surface area contributed by atoms with Crippen molar-refractivity contribution >= 4 is 22.5 Å². The lowest BCUT2D eigenvalue weighted by Crippen LogP contribution is -2.13. The molecule has 0 aliphatic rings. The lowest BCUT2D eigenvalue weighted by molar-refractivity contribution is -0.384. The van der Waals surface area contributed by atoms with Crippen molar-refractivity contribution in [2.24, 2.45) is 10.9 Å². The molecule has 2 aromatic rings. The van der Waals surface area contributed by atoms with Crippen LogP contribution in [0.25, 0.3) is 11.0 Å². The summed E-state index contributed by atoms with van der Waals surface area (Å²) in [5.74, 6) is -0.215. The summed E-state index contributed by atoms with van der Waals surface area (Å²) in [6.45, 7) is 0. The summed E-state index contributed by atoms with van der Waals surface area (Å²) in [6, 6.07) is 3.93. The van der Waals surface area contributed by atoms with Crippen molar-refractivity contribution in [2.45, 2.75) is 0 Å². The number of benzene rings is 1. The largest absolute Gasteiger partial charge is 0.409 e. The zero-order valence-corrected chi connectivity index (χ0v) is 7.82. The van der Waals surface area contributed by atoms with E-state index < -0.39 is 4.92 Å². The predicted octanol–water partition coefficient (Wildman–Crippen LogP) is 0.830. The average Bonchev–Trinajstić information content (AvgIpc) is 2.70. The minimum Gasteiger partial charge on any atom is -0.409 e. The van der Waals surface area contributed by atoms with Gasteiger partial charge in [-0.05, 0) is 6.07 Å². The first-order valence-corrected chi connectivity index (χ1v) is 4.15. The zero-order chi connectivity index (χ0) is 11.7. The maximum absolute atomic E-state index is 10.5. The van der Waals surface area contributed by atoms with Gasteiger partial charge in [0.1, 0.15) is 0 Å². The average molecular weight is 222 g/mol. The smallest absolute Gasteiger partial charge is 0.273 e. The lowest BCUT2D eigenvalue weighted by Gasteiger charge is -1.92. The van der Waals surface area contributed by atoms with Gasteiger partial charge in [0.15, 0.2) is 17.1 Å². The number of oxime groups is 1. The molecule has 0 bridgehead atoms. The zero-order valence-electron chi connectivity index (χ0n) is 7.82. The predicted molar refractivity (Wildman–Crippen MR) is 53.2 cm³/mol. The van der Waals surface area contributed by atoms with Gasteiger partial charge in [-0.25, -0.2) is 0 Å². The molecule has 82 valence electrons. The molecule has 0 aliphatic heterocycles. The quantitative estimate of drug-likeness (QED) is 0.254. The Bertz CT molecular complexity index is 589. The Balaban J connectivity index is 2.63. The van der Waals surface area contributed by atoms with Crippen LogP contribution in [0.1, 0.15) is 5.69 Å². The number of fused-ring (bicyclic) bond motifs is 1. The number of hydrogen-bond acceptors (Lipinski definition) is 6. The van der Waals surface area contributed by atoms with E-state index >= 15 is 0 Å². The number of nitro benzene ring substituents is 1. The van der Waals surface area contributed by atoms with Crippen LogP contribution >= 0.6 is 0 Å². The molecule has 2 rings (SSSR count). The minimum absolute atomic E-state index is 0.116. The van der Waals surface area contributed by atoms with Crippen molar-refractivity contribution in [1.29, 1.82) is 0 Å². The van der Waals surface area contributed by atoms with Crippen LogP contribution in [-0.2, 0) is 0 Å². The molecular formula is C8H6N4O4. The number of nitrogens with two attached hydrogens (primary N) is 1. The van der Waals surface area contributed by atoms with Crippen molar-refractivity contribution in [3.8, 4) is 0 Å². The number of nitrogens with zero attached hydrogens (tertiary/aromatic N) is 3. The van der Waals surface area contributed by atoms with E-state index in [4.69, 9.17) is 15.5 Å². The van der Waals surface area contributed by atoms with Gasteiger partial charge in [0.25, 0.3) is 5.69 Å². The third-order valence-electron chi connectivity index (χ3n) is 2.02. The summed E-state index contributed by atoms with van der Waals surface area (Å²) < 4.78 is 4.84. The van der Waals surface area contributed by atoms with E-state index in [2.05, 4.69) is 10.3 Å². The normalized spacial score (nSPS) is 11.9. The van der Waals surface area contributed by atoms with E-state index in [9.17, 15) is 10.1 Å². The Kier molecular flexibility index (Phi) is 2.16. The third-order valence-corrected chi connectivity index (χ3v) is 2.02. The molecule has 0 radical (unpaired) electrons. The van der Waals surface area contributed by atoms with Crippen LogP contribution in [0.2, 0.25) is 0 Å². The van der Waals surface area contributed by atoms with E-state index in [-0.39, 0.29) is 22.8 Å². The fourth-order valence-electron chi connectivity index (χ4n) is 1.27. The summed E-state index contributed by atoms with van der Waals surface area (Å²) in [6.07, 6.45) is 0. The Hall–Kier alpha value is -2.64. The monoisotopic (exact) mass is 222 g/mol. The van der Waals surface area contributed by atoms with Gasteiger partial charge in [0.2, 0.25) is 0 Å². The molecule has 0 aliphatic carbocycles. The van der Waals surface area contributed by atoms with Gasteiger partial charge in [0.05, 0.1) is 16.4 Å². The third kappa shape index (κ3) is 1.41. The Labute approximate surface area is 88.1 Å². The summed E-state index contributed by atoms with van der Waals surface area (Å²) in [4.78, 5) is 9.95. The van der Waals surface area contributed by atoms with Gasteiger partial charge in [-0.15, -0.1) is 0 Å². The highest BCUT2D eigenvalue weighted by Crippen LogP contribution is 2.23. The lowest BCUT2D eigenvalue weighted by atomic mass is 10.2. The molecule has 0 amide bonds. The van der Waals surface area contributed by atoms with Gasteiger partial charge in [-0.3, -0.25) is 10.1 Å². The molecular weight excluding hydrogens is 216 g/mol. The highest BCUT2D eigenvalue weighted by molar-refractivity contribution is 6.06. The van der Waals surface area contributed by atoms with E-state index in [0.29, 0.717) is 5.39 Å². The highest BCUT2D eigenvalue weighted by atomic mass is 16.6. The van der Waals surface area contributed by atoms with Crippen molar-refractivity contribution in [3.63, 3.8) is 0 Å². The SMILES string of the molecule is NC(=NO)c1noc2cc([N+](=O)[O-])ccc12. The van der Waals surface area contributed by atoms with Crippen molar-refractivity contribution in [2.75, 3.05) is 0 Å². The van der Waals surface area contributed by atoms with Gasteiger partial charge in [0, 0.05) is 6.07 Å². The Morgan fingerprint density at radius 3 is 3.00 bits per heavy atom. The van der Waals surface area contributed by atoms with Gasteiger partial charge in [-0.1, -0.05) is 10.3 Å². The number of aromatic nitrogens is 1. The number of non-ortho nitro benzene ring substituents is 1. The van der Waals surface area contributed by atoms with Crippen molar-refractivity contribution < 1.29 is 14.7 Å². The number of rotatable bonds is 2. The van der Waals surface area contributed by atoms with Crippen LogP contribution in [0.3, 0.4) is 0 Å². The fourth-order valence-corrected chi connectivity index (χ4v) is 1.27. The second-order valence-corrected chi connectivity index (χ2v) is 2.95. The molecule has 1 heterocycles. The van der Waals surface area contributed by atoms with E-state index in [1.54, 1.807) is 0 Å². The Morgan fingerprint density at radius 1 is 1.62 bits per heavy atom. The van der Waals surface area contributed by atoms with Crippen LogP contribution in [0.4, 0.5) is 5.69 Å². The molecule has 8 nitrogen and oxygen atoms in total. The first kappa shape index (κ1) is 9.90. The second-order valence-electron chi connectivity index (χ2n) is 2.95. The van der Waals surface area contributed by atoms with Crippen molar-refractivity contribution in [1.82, 2.24) is 5.16 Å². The van der Waals surface area contributed by atoms with Crippen LogP contribution in [0.5, 0.6) is 0 Å². The summed E-state index contributed by atoms with van der Waals surface area (Å²) in [5.41, 5.74) is 5.58. The molecule has 0 saturated heterocycles. The first-order chi connectivity index (χ1) is 7.63. The van der Waals surface area contributed by atoms with E-state index in [1.165, 1.54) is 18.2 Å². The Morgan fingerprint density at radius 2 is 2.38 bits per heavy atom. The molecule has 16 heavy (non-hydrogen) atoms. The van der Waals surface area contributed by atoms with Crippen LogP contribution in [0, 0.1) is 10.1 Å². The topological polar surface area (TPSA) is 128 Å². The van der Waals surface area contributed by atoms with Crippen LogP contribution < -0.4 is 5.73 Å². The minimum atomic E-state index is -0.550. The number of amidine groups is 1. The molecule has 1 aromatic heterocycles. The molecule has 8 heteroatoms. The molecule has 0 spiro atoms. The van der Waals surface area contributed by atoms with Crippen LogP contribution in [0.15, 0.2) is 27.9 Å². The fraction of sp³-hybridized carbons (Fsp3) is 0. The summed E-state index contributed by atoms with van der Waals surface area (Å²) in [7, 11) is 0. The van der Waals surface area contributed by atoms with E-state index in [1.807, 2.05) is 0 Å². The second kappa shape index (κ2) is 3.50. The first-order valence-electron chi connectivity index (χ1n) is 4.15. The van der Waals surface area contributed by atoms with Crippen LogP contribution in [-0.4, -0.2) is 21.1 Å². The maximum atomic E-state index is 10.5. The standard InChI is InChI=1S/C8H6N4O4/c9-8(10-13)7-5-2-1-4(12(14)15)3-6(5)16-11-7/h1-3,13H,(H2,9,10). The maximum Gasteiger partial charge on any atom is 0.273 e. The molecule has 3 N–H and O–H groups in total. The van der Waals surface area contributed by atoms with Gasteiger partial charge >= 0.3 is 0 Å². The number of nitro groups is 1. The highest BCUT2D eigenvalue weighted by Gasteiger charge is 2.15. The molecule has 0 atom stereocenters. The van der Waals surface area contributed by atoms with Gasteiger partial charge < -0.3 is 15.5 Å². The molecule has 0 fully saturated rings. The summed E-state index contributed by atoms with van der Waals surface area (Å²) >= 11 is 0. The van der Waals surface area contributed by atoms with Crippen molar-refractivity contribution in [3.05, 3.63) is 34.0 Å². The summed E-state index contributed by atoms with van der Waals surface area (Å²) in [5, 5.41) is 25.8. The molecule has 0 saturated carbocycles. The van der Waals surface area contributed by atoms with Gasteiger partial charge in [-0.2, -0.15) is 0 Å². The van der Waals surface area contributed by atoms with E-state index in [0.717, 1.165) is 0 Å². The molecule has 0 unspecified atom stereocenters. The number of hydrogen-bond donors (Lipinski definition) is 2.